The molecule has 2 aromatic rings. The first-order valence-electron chi connectivity index (χ1n) is 9.22. The highest BCUT2D eigenvalue weighted by Crippen LogP contribution is 2.33. The summed E-state index contributed by atoms with van der Waals surface area (Å²) in [5.41, 5.74) is 6.75. The predicted molar refractivity (Wildman–Crippen MR) is 94.6 cm³/mol. The van der Waals surface area contributed by atoms with Crippen molar-refractivity contribution in [2.24, 2.45) is 0 Å². The molecule has 4 rings (SSSR count). The van der Waals surface area contributed by atoms with Gasteiger partial charge < -0.3 is 30.5 Å². The van der Waals surface area contributed by atoms with E-state index in [0.29, 0.717) is 29.8 Å². The number of anilines is 1. The van der Waals surface area contributed by atoms with E-state index in [-0.39, 0.29) is 24.6 Å². The van der Waals surface area contributed by atoms with Crippen LogP contribution in [-0.2, 0) is 9.47 Å². The number of aryl methyl sites for hydroxylation is 1. The maximum absolute atomic E-state index is 10.5. The van der Waals surface area contributed by atoms with Crippen LogP contribution in [0.5, 0.6) is 0 Å². The summed E-state index contributed by atoms with van der Waals surface area (Å²) in [6.45, 7) is 1.88. The van der Waals surface area contributed by atoms with Gasteiger partial charge in [-0.1, -0.05) is 0 Å². The summed E-state index contributed by atoms with van der Waals surface area (Å²) in [6.07, 6.45) is 0.465. The van der Waals surface area contributed by atoms with Crippen molar-refractivity contribution in [3.8, 4) is 0 Å². The van der Waals surface area contributed by atoms with Gasteiger partial charge in [0, 0.05) is 0 Å². The van der Waals surface area contributed by atoms with Gasteiger partial charge in [0.05, 0.1) is 25.1 Å². The van der Waals surface area contributed by atoms with E-state index in [2.05, 4.69) is 15.0 Å². The molecule has 0 unspecified atom stereocenters. The van der Waals surface area contributed by atoms with Crippen LogP contribution in [0.3, 0.4) is 0 Å². The van der Waals surface area contributed by atoms with E-state index >= 15 is 0 Å². The smallest absolute Gasteiger partial charge is 0.167 e. The normalized spacial score (nSPS) is 34.4. The van der Waals surface area contributed by atoms with Crippen molar-refractivity contribution >= 4 is 17.0 Å². The van der Waals surface area contributed by atoms with Crippen LogP contribution in [0.2, 0.25) is 0 Å². The van der Waals surface area contributed by atoms with Crippen LogP contribution in [0.4, 0.5) is 5.82 Å². The molecule has 2 fully saturated rings. The Hall–Kier alpha value is -1.85. The van der Waals surface area contributed by atoms with Gasteiger partial charge in [0.15, 0.2) is 17.7 Å². The Bertz CT molecular complexity index is 806. The maximum atomic E-state index is 10.5. The number of aliphatic hydroxyl groups is 3. The van der Waals surface area contributed by atoms with Crippen molar-refractivity contribution in [1.29, 1.82) is 0 Å². The van der Waals surface area contributed by atoms with Gasteiger partial charge in [-0.15, -0.1) is 0 Å². The number of fused-ring (bicyclic) bond motifs is 1. The van der Waals surface area contributed by atoms with Crippen LogP contribution < -0.4 is 5.73 Å². The number of rotatable bonds is 4. The van der Waals surface area contributed by atoms with Crippen LogP contribution in [0.25, 0.3) is 11.2 Å². The highest BCUT2D eigenvalue weighted by molar-refractivity contribution is 5.81. The lowest BCUT2D eigenvalue weighted by Crippen LogP contribution is -2.35. The number of nitrogen functional groups attached to an aromatic ring is 1. The van der Waals surface area contributed by atoms with Crippen molar-refractivity contribution in [3.63, 3.8) is 0 Å². The number of hydrogen-bond acceptors (Lipinski definition) is 9. The molecule has 3 heterocycles. The number of imidazole rings is 1. The van der Waals surface area contributed by atoms with E-state index in [9.17, 15) is 15.3 Å². The molecule has 2 aliphatic rings. The first-order valence-corrected chi connectivity index (χ1v) is 9.22. The van der Waals surface area contributed by atoms with Gasteiger partial charge in [0.1, 0.15) is 29.7 Å². The third kappa shape index (κ3) is 3.50. The van der Waals surface area contributed by atoms with Gasteiger partial charge in [0.2, 0.25) is 0 Å². The number of aromatic nitrogens is 4. The third-order valence-electron chi connectivity index (χ3n) is 5.31. The second kappa shape index (κ2) is 7.28. The molecule has 1 saturated heterocycles. The lowest BCUT2D eigenvalue weighted by atomic mass is 9.95. The van der Waals surface area contributed by atoms with E-state index in [1.165, 1.54) is 6.33 Å². The Labute approximate surface area is 156 Å². The van der Waals surface area contributed by atoms with E-state index in [4.69, 9.17) is 15.2 Å². The molecule has 0 aromatic carbocycles. The van der Waals surface area contributed by atoms with E-state index in [0.717, 1.165) is 12.8 Å². The average molecular weight is 379 g/mol. The molecule has 10 nitrogen and oxygen atoms in total. The summed E-state index contributed by atoms with van der Waals surface area (Å²) < 4.78 is 13.3. The highest BCUT2D eigenvalue weighted by atomic mass is 16.6. The van der Waals surface area contributed by atoms with E-state index < -0.39 is 24.5 Å². The SMILES string of the molecule is Cc1nc(N)c2ncn([C@@H]3O[C@H](CO[C@H]4CC[C@H](O)CC4)[C@@H](O)[C@H]3O)c2n1. The molecule has 0 bridgehead atoms. The Balaban J connectivity index is 1.47. The molecule has 1 aliphatic carbocycles. The summed E-state index contributed by atoms with van der Waals surface area (Å²) in [5, 5.41) is 30.4. The first kappa shape index (κ1) is 18.5. The third-order valence-corrected chi connectivity index (χ3v) is 5.31. The fraction of sp³-hybridized carbons (Fsp3) is 0.706. The minimum absolute atomic E-state index is 0.0321. The number of nitrogens with zero attached hydrogens (tertiary/aromatic N) is 4. The van der Waals surface area contributed by atoms with Gasteiger partial charge in [-0.25, -0.2) is 15.0 Å². The van der Waals surface area contributed by atoms with Gasteiger partial charge >= 0.3 is 0 Å². The quantitative estimate of drug-likeness (QED) is 0.559. The molecule has 1 aliphatic heterocycles. The molecule has 0 amide bonds. The minimum Gasteiger partial charge on any atom is -0.393 e. The van der Waals surface area contributed by atoms with Crippen molar-refractivity contribution < 1.29 is 24.8 Å². The molecule has 1 saturated carbocycles. The molecule has 27 heavy (non-hydrogen) atoms. The lowest BCUT2D eigenvalue weighted by Gasteiger charge is -2.27. The van der Waals surface area contributed by atoms with Crippen molar-refractivity contribution in [2.45, 2.75) is 69.4 Å². The molecule has 4 atom stereocenters. The average Bonchev–Trinajstić information content (AvgIpc) is 3.17. The monoisotopic (exact) mass is 379 g/mol. The summed E-state index contributed by atoms with van der Waals surface area (Å²) in [5.74, 6) is 0.734. The molecule has 2 aromatic heterocycles. The molecule has 148 valence electrons. The molecular weight excluding hydrogens is 354 g/mol. The Morgan fingerprint density at radius 3 is 2.67 bits per heavy atom. The molecular formula is C17H25N5O5. The van der Waals surface area contributed by atoms with Gasteiger partial charge in [0.25, 0.3) is 0 Å². The molecule has 0 spiro atoms. The number of ether oxygens (including phenoxy) is 2. The second-order valence-electron chi connectivity index (χ2n) is 7.29. The standard InChI is InChI=1S/C17H25N5O5/c1-8-20-15(18)12-16(21-8)22(7-19-12)17-14(25)13(24)11(27-17)6-26-10-4-2-9(23)3-5-10/h7,9-11,13-14,17,23-25H,2-6H2,1H3,(H2,18,20,21)/t9-,10-,11-,13-,14-,17-/m1/s1. The highest BCUT2D eigenvalue weighted by Gasteiger charge is 2.44. The second-order valence-corrected chi connectivity index (χ2v) is 7.29. The van der Waals surface area contributed by atoms with E-state index in [1.54, 1.807) is 11.5 Å². The summed E-state index contributed by atoms with van der Waals surface area (Å²) >= 11 is 0. The number of hydrogen-bond donors (Lipinski definition) is 4. The fourth-order valence-electron chi connectivity index (χ4n) is 3.78. The Morgan fingerprint density at radius 1 is 1.19 bits per heavy atom. The topological polar surface area (TPSA) is 149 Å². The maximum Gasteiger partial charge on any atom is 0.167 e. The van der Waals surface area contributed by atoms with Gasteiger partial charge in [-0.2, -0.15) is 0 Å². The summed E-state index contributed by atoms with van der Waals surface area (Å²) in [4.78, 5) is 12.6. The molecule has 10 heteroatoms. The van der Waals surface area contributed by atoms with Crippen molar-refractivity contribution in [2.75, 3.05) is 12.3 Å². The van der Waals surface area contributed by atoms with Crippen LogP contribution in [0.15, 0.2) is 6.33 Å². The zero-order valence-electron chi connectivity index (χ0n) is 15.1. The number of nitrogens with two attached hydrogens (primary N) is 1. The fourth-order valence-corrected chi connectivity index (χ4v) is 3.78. The Morgan fingerprint density at radius 2 is 1.93 bits per heavy atom. The zero-order chi connectivity index (χ0) is 19.1. The molecule has 5 N–H and O–H groups in total. The minimum atomic E-state index is -1.15. The van der Waals surface area contributed by atoms with Gasteiger partial charge in [-0.3, -0.25) is 4.57 Å². The number of aliphatic hydroxyl groups excluding tert-OH is 3. The van der Waals surface area contributed by atoms with Crippen molar-refractivity contribution in [3.05, 3.63) is 12.2 Å². The van der Waals surface area contributed by atoms with Crippen LogP contribution >= 0.6 is 0 Å². The molecule has 0 radical (unpaired) electrons. The summed E-state index contributed by atoms with van der Waals surface area (Å²) in [6, 6.07) is 0. The van der Waals surface area contributed by atoms with Crippen LogP contribution in [0.1, 0.15) is 37.7 Å². The van der Waals surface area contributed by atoms with Gasteiger partial charge in [-0.05, 0) is 32.6 Å². The summed E-state index contributed by atoms with van der Waals surface area (Å²) in [7, 11) is 0. The van der Waals surface area contributed by atoms with Crippen LogP contribution in [0, 0.1) is 6.92 Å². The zero-order valence-corrected chi connectivity index (χ0v) is 15.1. The lowest BCUT2D eigenvalue weighted by molar-refractivity contribution is -0.0909. The Kier molecular flexibility index (Phi) is 4.99. The largest absolute Gasteiger partial charge is 0.393 e. The first-order chi connectivity index (χ1) is 12.9. The van der Waals surface area contributed by atoms with Crippen LogP contribution in [-0.4, -0.2) is 72.0 Å². The van der Waals surface area contributed by atoms with Crippen molar-refractivity contribution in [1.82, 2.24) is 19.5 Å². The predicted octanol–water partition coefficient (Wildman–Crippen LogP) is -0.344. The van der Waals surface area contributed by atoms with E-state index in [1.807, 2.05) is 0 Å².